The maximum absolute atomic E-state index is 11.6. The van der Waals surface area contributed by atoms with Crippen molar-refractivity contribution in [3.63, 3.8) is 0 Å². The zero-order valence-corrected chi connectivity index (χ0v) is 8.56. The van der Waals surface area contributed by atoms with Gasteiger partial charge in [-0.2, -0.15) is 0 Å². The van der Waals surface area contributed by atoms with Crippen LogP contribution in [0.25, 0.3) is 0 Å². The number of rotatable bonds is 1. The third kappa shape index (κ3) is 2.61. The first-order valence-corrected chi connectivity index (χ1v) is 4.36. The first-order valence-electron chi connectivity index (χ1n) is 4.36. The van der Waals surface area contributed by atoms with Gasteiger partial charge in [0.05, 0.1) is 5.56 Å². The molecule has 0 saturated carbocycles. The summed E-state index contributed by atoms with van der Waals surface area (Å²) in [5.74, 6) is -0.0220. The molecule has 0 spiro atoms. The number of amides is 1. The Balaban J connectivity index is 2.76. The van der Waals surface area contributed by atoms with Gasteiger partial charge in [0, 0.05) is 17.4 Å². The van der Waals surface area contributed by atoms with E-state index in [4.69, 9.17) is 0 Å². The Morgan fingerprint density at radius 3 is 2.46 bits per heavy atom. The van der Waals surface area contributed by atoms with Gasteiger partial charge in [0.1, 0.15) is 0 Å². The van der Waals surface area contributed by atoms with Gasteiger partial charge >= 0.3 is 0 Å². The second-order valence-electron chi connectivity index (χ2n) is 4.22. The van der Waals surface area contributed by atoms with Crippen molar-refractivity contribution in [3.8, 4) is 0 Å². The molecule has 0 unspecified atom stereocenters. The van der Waals surface area contributed by atoms with Gasteiger partial charge in [0.25, 0.3) is 5.91 Å². The van der Waals surface area contributed by atoms with E-state index in [1.807, 2.05) is 27.7 Å². The number of aryl methyl sites for hydroxylation is 1. The van der Waals surface area contributed by atoms with Crippen molar-refractivity contribution in [2.45, 2.75) is 33.2 Å². The summed E-state index contributed by atoms with van der Waals surface area (Å²) in [5, 5.41) is 2.90. The first-order chi connectivity index (χ1) is 5.90. The van der Waals surface area contributed by atoms with Crippen molar-refractivity contribution < 1.29 is 4.79 Å². The van der Waals surface area contributed by atoms with Crippen LogP contribution < -0.4 is 5.32 Å². The summed E-state index contributed by atoms with van der Waals surface area (Å²) in [4.78, 5) is 14.6. The highest BCUT2D eigenvalue weighted by Crippen LogP contribution is 2.07. The van der Waals surface area contributed by atoms with Crippen molar-refractivity contribution in [1.82, 2.24) is 10.3 Å². The predicted molar refractivity (Wildman–Crippen MR) is 52.7 cm³/mol. The van der Waals surface area contributed by atoms with Crippen LogP contribution in [0.4, 0.5) is 0 Å². The molecule has 0 aliphatic rings. The SMILES string of the molecule is Cc1[nH]ccc1C(=O)NC(C)(C)C. The number of aromatic amines is 1. The van der Waals surface area contributed by atoms with Gasteiger partial charge in [-0.15, -0.1) is 0 Å². The minimum atomic E-state index is -0.180. The monoisotopic (exact) mass is 180 g/mol. The number of nitrogens with one attached hydrogen (secondary N) is 2. The van der Waals surface area contributed by atoms with E-state index in [9.17, 15) is 4.79 Å². The topological polar surface area (TPSA) is 44.9 Å². The summed E-state index contributed by atoms with van der Waals surface area (Å²) in [7, 11) is 0. The summed E-state index contributed by atoms with van der Waals surface area (Å²) in [6.07, 6.45) is 1.77. The van der Waals surface area contributed by atoms with Crippen LogP contribution in [-0.2, 0) is 0 Å². The molecule has 2 N–H and O–H groups in total. The number of aromatic nitrogens is 1. The van der Waals surface area contributed by atoms with Crippen molar-refractivity contribution >= 4 is 5.91 Å². The van der Waals surface area contributed by atoms with E-state index >= 15 is 0 Å². The molecule has 0 aromatic carbocycles. The highest BCUT2D eigenvalue weighted by molar-refractivity contribution is 5.95. The molecule has 0 aliphatic carbocycles. The van der Waals surface area contributed by atoms with Gasteiger partial charge in [-0.25, -0.2) is 0 Å². The zero-order valence-electron chi connectivity index (χ0n) is 8.56. The number of hydrogen-bond acceptors (Lipinski definition) is 1. The zero-order chi connectivity index (χ0) is 10.1. The smallest absolute Gasteiger partial charge is 0.253 e. The van der Waals surface area contributed by atoms with Crippen molar-refractivity contribution in [2.24, 2.45) is 0 Å². The summed E-state index contributed by atoms with van der Waals surface area (Å²) in [6, 6.07) is 1.79. The van der Waals surface area contributed by atoms with E-state index in [0.717, 1.165) is 11.3 Å². The van der Waals surface area contributed by atoms with E-state index in [-0.39, 0.29) is 11.4 Å². The Bertz CT molecular complexity index is 307. The molecule has 1 aromatic rings. The van der Waals surface area contributed by atoms with Crippen LogP contribution in [0.3, 0.4) is 0 Å². The van der Waals surface area contributed by atoms with E-state index in [1.54, 1.807) is 12.3 Å². The van der Waals surface area contributed by atoms with E-state index < -0.39 is 0 Å². The Hall–Kier alpha value is -1.25. The van der Waals surface area contributed by atoms with E-state index in [1.165, 1.54) is 0 Å². The Morgan fingerprint density at radius 2 is 2.08 bits per heavy atom. The molecule has 13 heavy (non-hydrogen) atoms. The normalized spacial score (nSPS) is 11.4. The van der Waals surface area contributed by atoms with Gasteiger partial charge < -0.3 is 10.3 Å². The molecule has 0 atom stereocenters. The lowest BCUT2D eigenvalue weighted by Crippen LogP contribution is -2.40. The van der Waals surface area contributed by atoms with Gasteiger partial charge in [0.2, 0.25) is 0 Å². The average molecular weight is 180 g/mol. The Morgan fingerprint density at radius 1 is 1.46 bits per heavy atom. The molecule has 0 aliphatic heterocycles. The van der Waals surface area contributed by atoms with Crippen LogP contribution in [0.15, 0.2) is 12.3 Å². The summed E-state index contributed by atoms with van der Waals surface area (Å²) in [5.41, 5.74) is 1.44. The van der Waals surface area contributed by atoms with E-state index in [2.05, 4.69) is 10.3 Å². The second kappa shape index (κ2) is 3.24. The maximum atomic E-state index is 11.6. The van der Waals surface area contributed by atoms with Gasteiger partial charge in [0.15, 0.2) is 0 Å². The summed E-state index contributed by atoms with van der Waals surface area (Å²) < 4.78 is 0. The molecule has 0 radical (unpaired) electrons. The van der Waals surface area contributed by atoms with Crippen LogP contribution in [0.5, 0.6) is 0 Å². The quantitative estimate of drug-likeness (QED) is 0.680. The molecule has 3 heteroatoms. The maximum Gasteiger partial charge on any atom is 0.253 e. The fraction of sp³-hybridized carbons (Fsp3) is 0.500. The van der Waals surface area contributed by atoms with Crippen LogP contribution in [0, 0.1) is 6.92 Å². The molecule has 1 amide bonds. The van der Waals surface area contributed by atoms with Crippen molar-refractivity contribution in [2.75, 3.05) is 0 Å². The number of H-pyrrole nitrogens is 1. The lowest BCUT2D eigenvalue weighted by Gasteiger charge is -2.20. The molecule has 3 nitrogen and oxygen atoms in total. The molecule has 0 fully saturated rings. The number of hydrogen-bond donors (Lipinski definition) is 2. The summed E-state index contributed by atoms with van der Waals surface area (Å²) in [6.45, 7) is 7.78. The molecule has 0 bridgehead atoms. The molecular weight excluding hydrogens is 164 g/mol. The largest absolute Gasteiger partial charge is 0.365 e. The predicted octanol–water partition coefficient (Wildman–Crippen LogP) is 1.85. The first kappa shape index (κ1) is 9.84. The lowest BCUT2D eigenvalue weighted by molar-refractivity contribution is 0.0919. The fourth-order valence-electron chi connectivity index (χ4n) is 1.11. The van der Waals surface area contributed by atoms with Crippen LogP contribution in [0.1, 0.15) is 36.8 Å². The van der Waals surface area contributed by atoms with E-state index in [0.29, 0.717) is 0 Å². The standard InChI is InChI=1S/C10H16N2O/c1-7-8(5-6-11-7)9(13)12-10(2,3)4/h5-6,11H,1-4H3,(H,12,13). The molecule has 1 rings (SSSR count). The van der Waals surface area contributed by atoms with Gasteiger partial charge in [-0.1, -0.05) is 0 Å². The van der Waals surface area contributed by atoms with Crippen molar-refractivity contribution in [1.29, 1.82) is 0 Å². The third-order valence-corrected chi connectivity index (χ3v) is 1.69. The molecule has 0 saturated heterocycles. The van der Waals surface area contributed by atoms with Crippen LogP contribution in [0.2, 0.25) is 0 Å². The van der Waals surface area contributed by atoms with Crippen LogP contribution in [-0.4, -0.2) is 16.4 Å². The second-order valence-corrected chi connectivity index (χ2v) is 4.22. The molecular formula is C10H16N2O. The Labute approximate surface area is 78.5 Å². The Kier molecular flexibility index (Phi) is 2.45. The van der Waals surface area contributed by atoms with Gasteiger partial charge in [-0.3, -0.25) is 4.79 Å². The molecule has 72 valence electrons. The highest BCUT2D eigenvalue weighted by atomic mass is 16.1. The number of carbonyl (C=O) groups excluding carboxylic acids is 1. The molecule has 1 aromatic heterocycles. The van der Waals surface area contributed by atoms with Crippen LogP contribution >= 0.6 is 0 Å². The molecule has 1 heterocycles. The fourth-order valence-corrected chi connectivity index (χ4v) is 1.11. The highest BCUT2D eigenvalue weighted by Gasteiger charge is 2.16. The third-order valence-electron chi connectivity index (χ3n) is 1.69. The average Bonchev–Trinajstić information content (AvgIpc) is 2.30. The van der Waals surface area contributed by atoms with Gasteiger partial charge in [-0.05, 0) is 33.8 Å². The minimum Gasteiger partial charge on any atom is -0.365 e. The minimum absolute atomic E-state index is 0.0220. The van der Waals surface area contributed by atoms with Crippen molar-refractivity contribution in [3.05, 3.63) is 23.5 Å². The summed E-state index contributed by atoms with van der Waals surface area (Å²) >= 11 is 0. The number of carbonyl (C=O) groups is 1. The lowest BCUT2D eigenvalue weighted by atomic mass is 10.1.